The normalized spacial score (nSPS) is 24.3. The van der Waals surface area contributed by atoms with Gasteiger partial charge in [-0.15, -0.1) is 0 Å². The van der Waals surface area contributed by atoms with Crippen molar-refractivity contribution in [3.8, 4) is 0 Å². The lowest BCUT2D eigenvalue weighted by Gasteiger charge is -2.33. The number of carbonyl (C=O) groups is 4. The van der Waals surface area contributed by atoms with E-state index in [0.717, 1.165) is 13.8 Å². The van der Waals surface area contributed by atoms with Crippen LogP contribution < -0.4 is 0 Å². The van der Waals surface area contributed by atoms with Crippen LogP contribution in [0.2, 0.25) is 0 Å². The fourth-order valence-corrected chi connectivity index (χ4v) is 3.63. The number of hydrogen-bond acceptors (Lipinski definition) is 9. The summed E-state index contributed by atoms with van der Waals surface area (Å²) in [5.41, 5.74) is -6.28. The van der Waals surface area contributed by atoms with Crippen molar-refractivity contribution in [2.24, 2.45) is 5.41 Å². The zero-order chi connectivity index (χ0) is 24.0. The molecule has 0 aliphatic heterocycles. The summed E-state index contributed by atoms with van der Waals surface area (Å²) in [7, 11) is 0. The van der Waals surface area contributed by atoms with Gasteiger partial charge in [-0.25, -0.2) is 0 Å². The fraction of sp³-hybridized carbons (Fsp3) is 0.455. The Morgan fingerprint density at radius 1 is 0.839 bits per heavy atom. The summed E-state index contributed by atoms with van der Waals surface area (Å²) in [5.74, 6) is -6.87. The van der Waals surface area contributed by atoms with E-state index in [1.807, 2.05) is 0 Å². The van der Waals surface area contributed by atoms with Crippen LogP contribution in [-0.2, 0) is 19.2 Å². The molecule has 2 rings (SSSR count). The molecule has 9 heteroatoms. The number of carbonyl (C=O) groups excluding carboxylic acids is 4. The Labute approximate surface area is 178 Å². The highest BCUT2D eigenvalue weighted by Gasteiger charge is 2.49. The third kappa shape index (κ3) is 3.59. The Morgan fingerprint density at radius 3 is 1.81 bits per heavy atom. The molecular formula is C22H26O9. The molecule has 31 heavy (non-hydrogen) atoms. The smallest absolute Gasteiger partial charge is 0.209 e. The van der Waals surface area contributed by atoms with E-state index in [-0.39, 0.29) is 12.0 Å². The van der Waals surface area contributed by atoms with Crippen LogP contribution in [0.15, 0.2) is 45.3 Å². The number of hydrogen-bond donors (Lipinski definition) is 5. The first-order chi connectivity index (χ1) is 14.1. The summed E-state index contributed by atoms with van der Waals surface area (Å²) < 4.78 is 0. The SMILES string of the molecule is CCCC(=O)C1=C(O)C(CC2=C(O)C(C)(C)C(=O)C(C(C)=O)=C2O)=C(O)C(C)(O)C1=O. The highest BCUT2D eigenvalue weighted by Crippen LogP contribution is 2.44. The monoisotopic (exact) mass is 434 g/mol. The quantitative estimate of drug-likeness (QED) is 0.394. The average Bonchev–Trinajstić information content (AvgIpc) is 2.65. The first-order valence-electron chi connectivity index (χ1n) is 9.70. The summed E-state index contributed by atoms with van der Waals surface area (Å²) in [6.07, 6.45) is -0.427. The van der Waals surface area contributed by atoms with Crippen molar-refractivity contribution in [1.82, 2.24) is 0 Å². The van der Waals surface area contributed by atoms with Gasteiger partial charge < -0.3 is 25.5 Å². The minimum absolute atomic E-state index is 0.107. The van der Waals surface area contributed by atoms with E-state index in [1.54, 1.807) is 6.92 Å². The largest absolute Gasteiger partial charge is 0.511 e. The molecule has 0 saturated carbocycles. The third-order valence-electron chi connectivity index (χ3n) is 5.60. The molecule has 0 heterocycles. The Bertz CT molecular complexity index is 1030. The average molecular weight is 434 g/mol. The molecular weight excluding hydrogens is 408 g/mol. The van der Waals surface area contributed by atoms with Crippen LogP contribution in [0.25, 0.3) is 0 Å². The second kappa shape index (κ2) is 7.81. The van der Waals surface area contributed by atoms with Gasteiger partial charge in [-0.05, 0) is 34.1 Å². The van der Waals surface area contributed by atoms with Crippen LogP contribution in [0.4, 0.5) is 0 Å². The predicted molar refractivity (Wildman–Crippen MR) is 108 cm³/mol. The zero-order valence-electron chi connectivity index (χ0n) is 18.0. The number of Topliss-reactive ketones (excluding diaryl/α,β-unsaturated/α-hetero) is 4. The number of aliphatic hydroxyl groups is 5. The molecule has 1 atom stereocenters. The van der Waals surface area contributed by atoms with Crippen molar-refractivity contribution in [2.45, 2.75) is 59.5 Å². The van der Waals surface area contributed by atoms with E-state index >= 15 is 0 Å². The Morgan fingerprint density at radius 2 is 1.32 bits per heavy atom. The van der Waals surface area contributed by atoms with Gasteiger partial charge >= 0.3 is 0 Å². The van der Waals surface area contributed by atoms with Crippen molar-refractivity contribution >= 4 is 23.1 Å². The minimum atomic E-state index is -2.54. The summed E-state index contributed by atoms with van der Waals surface area (Å²) >= 11 is 0. The van der Waals surface area contributed by atoms with Crippen LogP contribution in [0.5, 0.6) is 0 Å². The van der Waals surface area contributed by atoms with E-state index in [2.05, 4.69) is 0 Å². The molecule has 0 aromatic rings. The molecule has 2 aliphatic carbocycles. The van der Waals surface area contributed by atoms with E-state index in [4.69, 9.17) is 0 Å². The molecule has 5 N–H and O–H groups in total. The lowest BCUT2D eigenvalue weighted by molar-refractivity contribution is -0.134. The van der Waals surface area contributed by atoms with Gasteiger partial charge in [0.05, 0.1) is 5.41 Å². The molecule has 0 amide bonds. The van der Waals surface area contributed by atoms with Gasteiger partial charge in [-0.2, -0.15) is 0 Å². The topological polar surface area (TPSA) is 169 Å². The predicted octanol–water partition coefficient (Wildman–Crippen LogP) is 2.53. The van der Waals surface area contributed by atoms with Gasteiger partial charge in [-0.3, -0.25) is 19.2 Å². The van der Waals surface area contributed by atoms with Crippen LogP contribution in [-0.4, -0.2) is 54.3 Å². The van der Waals surface area contributed by atoms with Crippen molar-refractivity contribution in [2.75, 3.05) is 0 Å². The molecule has 9 nitrogen and oxygen atoms in total. The van der Waals surface area contributed by atoms with Gasteiger partial charge in [0.25, 0.3) is 0 Å². The van der Waals surface area contributed by atoms with E-state index < -0.39 is 80.3 Å². The number of allylic oxidation sites excluding steroid dienone is 4. The van der Waals surface area contributed by atoms with Crippen molar-refractivity contribution < 1.29 is 44.7 Å². The summed E-state index contributed by atoms with van der Waals surface area (Å²) in [4.78, 5) is 49.4. The van der Waals surface area contributed by atoms with Crippen LogP contribution in [0, 0.1) is 5.41 Å². The van der Waals surface area contributed by atoms with Gasteiger partial charge in [0.15, 0.2) is 23.0 Å². The Kier molecular flexibility index (Phi) is 6.06. The highest BCUT2D eigenvalue weighted by molar-refractivity contribution is 6.25. The molecule has 0 aromatic heterocycles. The third-order valence-corrected chi connectivity index (χ3v) is 5.60. The lowest BCUT2D eigenvalue weighted by atomic mass is 9.72. The van der Waals surface area contributed by atoms with Crippen molar-refractivity contribution in [3.63, 3.8) is 0 Å². The van der Waals surface area contributed by atoms with Gasteiger partial charge in [0, 0.05) is 24.0 Å². The van der Waals surface area contributed by atoms with Gasteiger partial charge in [0.2, 0.25) is 5.78 Å². The maximum atomic E-state index is 12.6. The minimum Gasteiger partial charge on any atom is -0.511 e. The molecule has 2 aliphatic rings. The number of aliphatic hydroxyl groups excluding tert-OH is 4. The summed E-state index contributed by atoms with van der Waals surface area (Å²) in [5, 5.41) is 52.8. The maximum absolute atomic E-state index is 12.6. The van der Waals surface area contributed by atoms with Crippen LogP contribution in [0.3, 0.4) is 0 Å². The molecule has 0 spiro atoms. The van der Waals surface area contributed by atoms with Crippen LogP contribution >= 0.6 is 0 Å². The Balaban J connectivity index is 2.77. The molecule has 168 valence electrons. The number of rotatable bonds is 6. The lowest BCUT2D eigenvalue weighted by Crippen LogP contribution is -2.44. The Hall–Kier alpha value is -3.20. The van der Waals surface area contributed by atoms with Gasteiger partial charge in [0.1, 0.15) is 34.2 Å². The van der Waals surface area contributed by atoms with Crippen LogP contribution in [0.1, 0.15) is 53.9 Å². The first-order valence-corrected chi connectivity index (χ1v) is 9.70. The standard InChI is InChI=1S/C22H26O9/c1-6-7-12(24)14-16(26)11(18(28)22(5,31)20(14)30)8-10-15(25)13(9(2)23)19(29)21(3,4)17(10)27/h25-28,31H,6-8H2,1-5H3. The molecule has 0 saturated heterocycles. The second-order valence-electron chi connectivity index (χ2n) is 8.36. The van der Waals surface area contributed by atoms with Crippen molar-refractivity contribution in [1.29, 1.82) is 0 Å². The molecule has 0 radical (unpaired) electrons. The van der Waals surface area contributed by atoms with E-state index in [9.17, 15) is 44.7 Å². The first kappa shape index (κ1) is 24.1. The van der Waals surface area contributed by atoms with E-state index in [1.165, 1.54) is 13.8 Å². The molecule has 0 fully saturated rings. The molecule has 0 bridgehead atoms. The summed E-state index contributed by atoms with van der Waals surface area (Å²) in [6.45, 7) is 6.31. The highest BCUT2D eigenvalue weighted by atomic mass is 16.3. The maximum Gasteiger partial charge on any atom is 0.209 e. The second-order valence-corrected chi connectivity index (χ2v) is 8.36. The summed E-state index contributed by atoms with van der Waals surface area (Å²) in [6, 6.07) is 0. The molecule has 1 unspecified atom stereocenters. The van der Waals surface area contributed by atoms with Gasteiger partial charge in [-0.1, -0.05) is 6.92 Å². The zero-order valence-corrected chi connectivity index (χ0v) is 18.0. The van der Waals surface area contributed by atoms with Crippen molar-refractivity contribution in [3.05, 3.63) is 45.3 Å². The molecule has 0 aromatic carbocycles. The number of ketones is 4. The fourth-order valence-electron chi connectivity index (χ4n) is 3.63. The van der Waals surface area contributed by atoms with E-state index in [0.29, 0.717) is 6.42 Å².